The molecule has 1 unspecified atom stereocenters. The minimum absolute atomic E-state index is 0.00548. The molecule has 2 amide bonds. The predicted octanol–water partition coefficient (Wildman–Crippen LogP) is 7.21. The second kappa shape index (κ2) is 12.5. The van der Waals surface area contributed by atoms with Gasteiger partial charge in [0.05, 0.1) is 36.3 Å². The van der Waals surface area contributed by atoms with Crippen LogP contribution in [0.1, 0.15) is 95.0 Å². The van der Waals surface area contributed by atoms with Crippen molar-refractivity contribution < 1.29 is 23.3 Å². The predicted molar refractivity (Wildman–Crippen MR) is 198 cm³/mol. The Morgan fingerprint density at radius 1 is 1.16 bits per heavy atom. The average Bonchev–Trinajstić information content (AvgIpc) is 3.44. The maximum absolute atomic E-state index is 15.0. The first-order valence-corrected chi connectivity index (χ1v) is 20.5. The van der Waals surface area contributed by atoms with Crippen LogP contribution in [0.25, 0.3) is 0 Å². The van der Waals surface area contributed by atoms with E-state index in [2.05, 4.69) is 38.3 Å². The number of aryl methyl sites for hydroxylation is 1. The van der Waals surface area contributed by atoms with Crippen molar-refractivity contribution in [2.75, 3.05) is 31.2 Å². The number of fused-ring (bicyclic) bond motifs is 5. The number of hydrogen-bond acceptors (Lipinski definition) is 6. The summed E-state index contributed by atoms with van der Waals surface area (Å²) < 4.78 is 36.6. The average molecular weight is 729 g/mol. The van der Waals surface area contributed by atoms with Crippen molar-refractivity contribution in [3.63, 3.8) is 0 Å². The molecule has 2 aromatic carbocycles. The molecule has 0 radical (unpaired) electrons. The number of carbonyl (C=O) groups excluding carboxylic acids is 2. The van der Waals surface area contributed by atoms with Crippen molar-refractivity contribution in [3.05, 3.63) is 93.3 Å². The molecule has 1 aromatic heterocycles. The zero-order chi connectivity index (χ0) is 35.1. The first-order chi connectivity index (χ1) is 24.6. The van der Waals surface area contributed by atoms with Gasteiger partial charge in [-0.15, -0.1) is 4.36 Å². The second-order valence-corrected chi connectivity index (χ2v) is 18.4. The van der Waals surface area contributed by atoms with Crippen LogP contribution in [0.5, 0.6) is 5.75 Å². The SMILES string of the molecule is C[C@@H]1[C@@H](C)C/C=C/[C@@H]2c3c(ccc4c3N(C[C@@H]3CC[C@H]32)C[C@@]2(CCCc3cc(Cl)ccc32)CO4)C(=O)N=S1(=O)NC(=O)c1cc2n(c1)CCOC2. The maximum atomic E-state index is 15.0. The van der Waals surface area contributed by atoms with Crippen molar-refractivity contribution in [1.29, 1.82) is 0 Å². The van der Waals surface area contributed by atoms with Gasteiger partial charge in [0.15, 0.2) is 0 Å². The fourth-order valence-corrected chi connectivity index (χ4v) is 11.7. The molecule has 6 aliphatic rings. The Balaban J connectivity index is 1.16. The lowest BCUT2D eigenvalue weighted by Crippen LogP contribution is -2.47. The molecule has 268 valence electrons. The minimum Gasteiger partial charge on any atom is -0.490 e. The summed E-state index contributed by atoms with van der Waals surface area (Å²) >= 11 is 6.47. The summed E-state index contributed by atoms with van der Waals surface area (Å²) in [5.41, 5.74) is 5.99. The molecule has 9 nitrogen and oxygen atoms in total. The summed E-state index contributed by atoms with van der Waals surface area (Å²) in [6, 6.07) is 11.8. The van der Waals surface area contributed by atoms with E-state index in [4.69, 9.17) is 21.1 Å². The van der Waals surface area contributed by atoms with E-state index in [1.807, 2.05) is 36.6 Å². The van der Waals surface area contributed by atoms with Gasteiger partial charge in [-0.1, -0.05) is 36.7 Å². The second-order valence-electron chi connectivity index (χ2n) is 15.7. The van der Waals surface area contributed by atoms with Crippen molar-refractivity contribution in [2.45, 2.75) is 82.1 Å². The third-order valence-corrected chi connectivity index (χ3v) is 15.4. The van der Waals surface area contributed by atoms with Gasteiger partial charge >= 0.3 is 0 Å². The molecule has 11 heteroatoms. The Morgan fingerprint density at radius 3 is 2.86 bits per heavy atom. The van der Waals surface area contributed by atoms with E-state index >= 15 is 0 Å². The number of allylic oxidation sites excluding steroid dienone is 2. The van der Waals surface area contributed by atoms with Crippen LogP contribution in [0.3, 0.4) is 0 Å². The van der Waals surface area contributed by atoms with E-state index in [0.29, 0.717) is 55.7 Å². The first-order valence-electron chi connectivity index (χ1n) is 18.5. The third kappa shape index (κ3) is 5.55. The monoisotopic (exact) mass is 728 g/mol. The number of anilines is 1. The van der Waals surface area contributed by atoms with Crippen molar-refractivity contribution in [2.24, 2.45) is 22.1 Å². The number of rotatable bonds is 2. The summed E-state index contributed by atoms with van der Waals surface area (Å²) in [5, 5.41) is 0.177. The number of hydrogen-bond donors (Lipinski definition) is 1. The summed E-state index contributed by atoms with van der Waals surface area (Å²) in [5.74, 6) is 0.463. The smallest absolute Gasteiger partial charge is 0.286 e. The summed E-state index contributed by atoms with van der Waals surface area (Å²) in [6.45, 7) is 7.71. The van der Waals surface area contributed by atoms with E-state index in [1.54, 1.807) is 12.3 Å². The first kappa shape index (κ1) is 33.3. The largest absolute Gasteiger partial charge is 0.490 e. The van der Waals surface area contributed by atoms with Gasteiger partial charge in [0, 0.05) is 53.4 Å². The Kier molecular flexibility index (Phi) is 8.16. The van der Waals surface area contributed by atoms with Crippen LogP contribution in [0.15, 0.2) is 59.1 Å². The van der Waals surface area contributed by atoms with Gasteiger partial charge in [-0.3, -0.25) is 14.3 Å². The summed E-state index contributed by atoms with van der Waals surface area (Å²) in [7, 11) is -3.55. The van der Waals surface area contributed by atoms with Crippen molar-refractivity contribution >= 4 is 39.0 Å². The lowest BCUT2D eigenvalue weighted by atomic mass is 9.65. The minimum atomic E-state index is -3.55. The Hall–Kier alpha value is -3.60. The van der Waals surface area contributed by atoms with E-state index < -0.39 is 27.0 Å². The normalized spacial score (nSPS) is 33.0. The number of carbonyl (C=O) groups is 2. The van der Waals surface area contributed by atoms with Crippen molar-refractivity contribution in [3.8, 4) is 5.75 Å². The lowest BCUT2D eigenvalue weighted by Gasteiger charge is -2.43. The number of ether oxygens (including phenoxy) is 2. The molecule has 7 atom stereocenters. The van der Waals surface area contributed by atoms with Gasteiger partial charge in [-0.2, -0.15) is 0 Å². The highest BCUT2D eigenvalue weighted by atomic mass is 35.5. The number of amides is 2. The number of halogens is 1. The van der Waals surface area contributed by atoms with Crippen LogP contribution in [0.2, 0.25) is 5.02 Å². The van der Waals surface area contributed by atoms with E-state index in [1.165, 1.54) is 11.1 Å². The number of aromatic nitrogens is 1. The summed E-state index contributed by atoms with van der Waals surface area (Å²) in [6.07, 6.45) is 12.2. The van der Waals surface area contributed by atoms with Crippen LogP contribution < -0.4 is 14.4 Å². The van der Waals surface area contributed by atoms with Gasteiger partial charge in [0.25, 0.3) is 11.8 Å². The highest BCUT2D eigenvalue weighted by Gasteiger charge is 2.49. The summed E-state index contributed by atoms with van der Waals surface area (Å²) in [4.78, 5) is 30.8. The topological polar surface area (TPSA) is 102 Å². The van der Waals surface area contributed by atoms with Gasteiger partial charge in [-0.25, -0.2) is 4.21 Å². The van der Waals surface area contributed by atoms with Gasteiger partial charge in [0.1, 0.15) is 15.7 Å². The Bertz CT molecular complexity index is 2080. The quantitative estimate of drug-likeness (QED) is 0.280. The highest BCUT2D eigenvalue weighted by molar-refractivity contribution is 7.93. The zero-order valence-corrected chi connectivity index (χ0v) is 30.8. The van der Waals surface area contributed by atoms with Crippen LogP contribution in [-0.2, 0) is 39.6 Å². The Labute approximate surface area is 305 Å². The van der Waals surface area contributed by atoms with Crippen LogP contribution >= 0.6 is 11.6 Å². The molecule has 0 bridgehead atoms. The number of benzene rings is 2. The molecule has 1 fully saturated rings. The van der Waals surface area contributed by atoms with Gasteiger partial charge < -0.3 is 18.9 Å². The highest BCUT2D eigenvalue weighted by Crippen LogP contribution is 2.56. The molecule has 3 aromatic rings. The number of nitrogens with one attached hydrogen (secondary N) is 1. The number of nitrogens with zero attached hydrogens (tertiary/aromatic N) is 3. The molecule has 4 aliphatic heterocycles. The molecule has 51 heavy (non-hydrogen) atoms. The van der Waals surface area contributed by atoms with Crippen LogP contribution in [0.4, 0.5) is 5.69 Å². The van der Waals surface area contributed by atoms with Crippen molar-refractivity contribution in [1.82, 2.24) is 9.29 Å². The molecule has 1 spiro atoms. The molecule has 1 saturated carbocycles. The fourth-order valence-electron chi connectivity index (χ4n) is 9.66. The van der Waals surface area contributed by atoms with Gasteiger partial charge in [0.2, 0.25) is 0 Å². The molecule has 5 heterocycles. The Morgan fingerprint density at radius 2 is 2.04 bits per heavy atom. The van der Waals surface area contributed by atoms with E-state index in [-0.39, 0.29) is 17.3 Å². The molecule has 9 rings (SSSR count). The molecule has 0 saturated heterocycles. The van der Waals surface area contributed by atoms with Crippen LogP contribution in [0, 0.1) is 17.8 Å². The lowest BCUT2D eigenvalue weighted by molar-refractivity contribution is 0.0850. The standard InChI is InChI=1S/C40H45ClN4O5S/c1-24-5-3-7-32-31-10-8-27(31)19-45-22-40(14-4-6-26-17-29(41)9-12-34(26)40)23-50-35-13-11-33(36(32)37(35)45)39(47)43-51(48,25(24)2)42-38(46)28-18-30-21-49-16-15-44(30)20-28/h3,7,9,11-13,17-18,20,24-25,27,31-32H,4-6,8,10,14-16,19,21-23H2,1-2H3,(H,42,43,46,47,48)/b7-3+/t24-,25+,27-,31+,32-,40-,51?/m0/s1. The fraction of sp³-hybridized carbons (Fsp3) is 0.500. The van der Waals surface area contributed by atoms with Gasteiger partial charge in [-0.05, 0) is 110 Å². The zero-order valence-electron chi connectivity index (χ0n) is 29.2. The molecule has 2 aliphatic carbocycles. The van der Waals surface area contributed by atoms with Crippen LogP contribution in [-0.4, -0.2) is 52.1 Å². The molecular formula is C40H45ClN4O5S. The molecule has 1 N–H and O–H groups in total. The van der Waals surface area contributed by atoms with E-state index in [9.17, 15) is 13.8 Å². The third-order valence-electron chi connectivity index (χ3n) is 12.8. The van der Waals surface area contributed by atoms with E-state index in [0.717, 1.165) is 72.9 Å². The molecular weight excluding hydrogens is 684 g/mol. The maximum Gasteiger partial charge on any atom is 0.286 e.